The summed E-state index contributed by atoms with van der Waals surface area (Å²) in [5.41, 5.74) is 5.10. The van der Waals surface area contributed by atoms with Gasteiger partial charge in [0.25, 0.3) is 0 Å². The van der Waals surface area contributed by atoms with E-state index in [0.29, 0.717) is 0 Å². The Bertz CT molecular complexity index is 184. The molecule has 0 aromatic carbocycles. The van der Waals surface area contributed by atoms with Gasteiger partial charge in [-0.05, 0) is 6.92 Å². The minimum atomic E-state index is -0.580. The maximum atomic E-state index is 10.5. The Morgan fingerprint density at radius 2 is 2.00 bits per heavy atom. The number of rotatable bonds is 2. The first-order valence-electron chi connectivity index (χ1n) is 2.77. The molecule has 0 unspecified atom stereocenters. The van der Waals surface area contributed by atoms with Crippen molar-refractivity contribution in [2.45, 2.75) is 6.92 Å². The summed E-state index contributed by atoms with van der Waals surface area (Å²) < 4.78 is 0. The Kier molecular flexibility index (Phi) is 3.17. The Morgan fingerprint density at radius 3 is 2.30 bits per heavy atom. The van der Waals surface area contributed by atoms with Crippen LogP contribution in [0.5, 0.6) is 0 Å². The maximum absolute atomic E-state index is 10.5. The second kappa shape index (κ2) is 3.66. The minimum Gasteiger partial charge on any atom is -0.366 e. The molecule has 0 rings (SSSR count). The zero-order valence-corrected chi connectivity index (χ0v) is 5.97. The fraction of sp³-hybridized carbons (Fsp3) is 0.333. The Labute approximate surface area is 59.1 Å². The summed E-state index contributed by atoms with van der Waals surface area (Å²) in [6.07, 6.45) is 1.16. The Morgan fingerprint density at radius 1 is 1.50 bits per heavy atom. The van der Waals surface area contributed by atoms with Crippen LogP contribution in [0.3, 0.4) is 0 Å². The zero-order chi connectivity index (χ0) is 8.15. The van der Waals surface area contributed by atoms with Crippen LogP contribution in [-0.4, -0.2) is 18.9 Å². The van der Waals surface area contributed by atoms with Gasteiger partial charge in [-0.15, -0.1) is 0 Å². The molecule has 4 nitrogen and oxygen atoms in total. The topological polar surface area (TPSA) is 72.2 Å². The molecule has 4 heteroatoms. The van der Waals surface area contributed by atoms with E-state index in [0.717, 1.165) is 6.08 Å². The predicted molar refractivity (Wildman–Crippen MR) is 37.0 cm³/mol. The third-order valence-electron chi connectivity index (χ3n) is 0.983. The van der Waals surface area contributed by atoms with E-state index >= 15 is 0 Å². The molecule has 0 aliphatic carbocycles. The molecule has 0 aromatic heterocycles. The van der Waals surface area contributed by atoms with Gasteiger partial charge in [-0.3, -0.25) is 9.59 Å². The normalized spacial score (nSPS) is 10.8. The molecule has 0 saturated carbocycles. The molecule has 0 saturated heterocycles. The van der Waals surface area contributed by atoms with Gasteiger partial charge in [0.2, 0.25) is 11.8 Å². The van der Waals surface area contributed by atoms with Gasteiger partial charge in [0, 0.05) is 18.7 Å². The van der Waals surface area contributed by atoms with Crippen LogP contribution in [-0.2, 0) is 9.59 Å². The molecule has 2 amide bonds. The van der Waals surface area contributed by atoms with Crippen LogP contribution in [0.4, 0.5) is 0 Å². The van der Waals surface area contributed by atoms with Gasteiger partial charge < -0.3 is 11.1 Å². The summed E-state index contributed by atoms with van der Waals surface area (Å²) in [7, 11) is 1.48. The Hall–Kier alpha value is -1.32. The van der Waals surface area contributed by atoms with Gasteiger partial charge in [0.15, 0.2) is 0 Å². The Balaban J connectivity index is 4.16. The molecular formula is C6H10N2O2. The first kappa shape index (κ1) is 8.68. The lowest BCUT2D eigenvalue weighted by atomic mass is 10.2. The molecule has 0 fully saturated rings. The van der Waals surface area contributed by atoms with Crippen molar-refractivity contribution in [2.75, 3.05) is 7.05 Å². The number of nitrogens with two attached hydrogens (primary N) is 1. The minimum absolute atomic E-state index is 0.249. The third kappa shape index (κ3) is 2.86. The molecule has 0 bridgehead atoms. The van der Waals surface area contributed by atoms with E-state index in [4.69, 9.17) is 5.73 Å². The van der Waals surface area contributed by atoms with Crippen LogP contribution in [0.15, 0.2) is 11.6 Å². The van der Waals surface area contributed by atoms with E-state index in [1.54, 1.807) is 0 Å². The fourth-order valence-electron chi connectivity index (χ4n) is 0.340. The molecule has 10 heavy (non-hydrogen) atoms. The van der Waals surface area contributed by atoms with Crippen molar-refractivity contribution < 1.29 is 9.59 Å². The van der Waals surface area contributed by atoms with Crippen molar-refractivity contribution in [1.29, 1.82) is 0 Å². The number of carbonyl (C=O) groups is 2. The van der Waals surface area contributed by atoms with E-state index in [1.165, 1.54) is 14.0 Å². The van der Waals surface area contributed by atoms with Crippen molar-refractivity contribution in [1.82, 2.24) is 5.32 Å². The van der Waals surface area contributed by atoms with Crippen LogP contribution in [0, 0.1) is 0 Å². The highest BCUT2D eigenvalue weighted by Gasteiger charge is 1.98. The van der Waals surface area contributed by atoms with Gasteiger partial charge in [-0.2, -0.15) is 0 Å². The summed E-state index contributed by atoms with van der Waals surface area (Å²) in [6, 6.07) is 0. The van der Waals surface area contributed by atoms with E-state index in [2.05, 4.69) is 5.32 Å². The van der Waals surface area contributed by atoms with Crippen LogP contribution in [0.25, 0.3) is 0 Å². The molecule has 0 heterocycles. The number of primary amides is 1. The van der Waals surface area contributed by atoms with Crippen LogP contribution in [0.2, 0.25) is 0 Å². The molecule has 0 aliphatic heterocycles. The lowest BCUT2D eigenvalue weighted by Crippen LogP contribution is -2.18. The molecule has 3 N–H and O–H groups in total. The molecule has 0 radical (unpaired) electrons. The number of amides is 2. The second-order valence-electron chi connectivity index (χ2n) is 1.81. The maximum Gasteiger partial charge on any atom is 0.244 e. The van der Waals surface area contributed by atoms with Crippen molar-refractivity contribution >= 4 is 11.8 Å². The molecular weight excluding hydrogens is 132 g/mol. The van der Waals surface area contributed by atoms with Crippen LogP contribution >= 0.6 is 0 Å². The van der Waals surface area contributed by atoms with Crippen molar-refractivity contribution in [3.8, 4) is 0 Å². The van der Waals surface area contributed by atoms with Gasteiger partial charge >= 0.3 is 0 Å². The smallest absolute Gasteiger partial charge is 0.244 e. The van der Waals surface area contributed by atoms with Gasteiger partial charge in [-0.25, -0.2) is 0 Å². The molecule has 0 aromatic rings. The monoisotopic (exact) mass is 142 g/mol. The highest BCUT2D eigenvalue weighted by Crippen LogP contribution is 1.87. The van der Waals surface area contributed by atoms with Crippen LogP contribution < -0.4 is 11.1 Å². The van der Waals surface area contributed by atoms with E-state index < -0.39 is 5.91 Å². The van der Waals surface area contributed by atoms with Crippen molar-refractivity contribution in [2.24, 2.45) is 5.73 Å². The lowest BCUT2D eigenvalue weighted by Gasteiger charge is -1.92. The van der Waals surface area contributed by atoms with E-state index in [9.17, 15) is 9.59 Å². The highest BCUT2D eigenvalue weighted by molar-refractivity contribution is 5.99. The quantitative estimate of drug-likeness (QED) is 0.493. The zero-order valence-electron chi connectivity index (χ0n) is 5.97. The largest absolute Gasteiger partial charge is 0.366 e. The average molecular weight is 142 g/mol. The number of likely N-dealkylation sites (N-methyl/N-ethyl adjacent to an activating group) is 1. The lowest BCUT2D eigenvalue weighted by molar-refractivity contribution is -0.117. The van der Waals surface area contributed by atoms with E-state index in [1.807, 2.05) is 0 Å². The fourth-order valence-corrected chi connectivity index (χ4v) is 0.340. The highest BCUT2D eigenvalue weighted by atomic mass is 16.2. The first-order valence-corrected chi connectivity index (χ1v) is 2.77. The molecule has 0 aliphatic rings. The van der Waals surface area contributed by atoms with Crippen molar-refractivity contribution in [3.63, 3.8) is 0 Å². The van der Waals surface area contributed by atoms with Crippen LogP contribution in [0.1, 0.15) is 6.92 Å². The SMILES string of the molecule is CNC(=O)/C=C(\C)C(N)=O. The standard InChI is InChI=1S/C6H10N2O2/c1-4(6(7)10)3-5(9)8-2/h3H,1-2H3,(H2,7,10)(H,8,9)/b4-3+. The van der Waals surface area contributed by atoms with E-state index in [-0.39, 0.29) is 11.5 Å². The molecule has 0 atom stereocenters. The summed E-state index contributed by atoms with van der Waals surface area (Å²) in [6.45, 7) is 1.48. The predicted octanol–water partition coefficient (Wildman–Crippen LogP) is -0.836. The summed E-state index contributed by atoms with van der Waals surface area (Å²) in [4.78, 5) is 20.9. The first-order chi connectivity index (χ1) is 4.57. The van der Waals surface area contributed by atoms with Gasteiger partial charge in [0.1, 0.15) is 0 Å². The number of hydrogen-bond acceptors (Lipinski definition) is 2. The summed E-state index contributed by atoms with van der Waals surface area (Å²) in [5, 5.41) is 2.33. The number of hydrogen-bond donors (Lipinski definition) is 2. The summed E-state index contributed by atoms with van der Waals surface area (Å²) >= 11 is 0. The second-order valence-corrected chi connectivity index (χ2v) is 1.81. The number of nitrogens with one attached hydrogen (secondary N) is 1. The molecule has 56 valence electrons. The van der Waals surface area contributed by atoms with Crippen molar-refractivity contribution in [3.05, 3.63) is 11.6 Å². The molecule has 0 spiro atoms. The number of carbonyl (C=O) groups excluding carboxylic acids is 2. The average Bonchev–Trinajstić information content (AvgIpc) is 1.87. The van der Waals surface area contributed by atoms with Gasteiger partial charge in [0.05, 0.1) is 0 Å². The van der Waals surface area contributed by atoms with Gasteiger partial charge in [-0.1, -0.05) is 0 Å². The summed E-state index contributed by atoms with van der Waals surface area (Å²) in [5.74, 6) is -0.903. The third-order valence-corrected chi connectivity index (χ3v) is 0.983.